The van der Waals surface area contributed by atoms with E-state index in [1.54, 1.807) is 0 Å². The number of aromatic hydroxyl groups is 1. The zero-order chi connectivity index (χ0) is 21.2. The molecule has 2 aromatic heterocycles. The molecule has 0 spiro atoms. The predicted octanol–water partition coefficient (Wildman–Crippen LogP) is 4.56. The Labute approximate surface area is 181 Å². The SMILES string of the molecule is CCCn1c(O)c(N=Nc2nc(N3CCCC3)nc(N3CCCC3)n2)c2ccccc21. The molecule has 0 aliphatic carbocycles. The Hall–Kier alpha value is -3.23. The molecule has 9 heteroatoms. The van der Waals surface area contributed by atoms with E-state index in [1.165, 1.54) is 0 Å². The van der Waals surface area contributed by atoms with E-state index in [-0.39, 0.29) is 11.8 Å². The van der Waals surface area contributed by atoms with Crippen molar-refractivity contribution in [3.05, 3.63) is 24.3 Å². The maximum absolute atomic E-state index is 10.8. The average Bonchev–Trinajstić information content (AvgIpc) is 3.55. The van der Waals surface area contributed by atoms with Crippen molar-refractivity contribution in [3.8, 4) is 5.88 Å². The van der Waals surface area contributed by atoms with E-state index in [0.29, 0.717) is 24.1 Å². The summed E-state index contributed by atoms with van der Waals surface area (Å²) in [4.78, 5) is 18.3. The Bertz CT molecular complexity index is 1060. The normalized spacial score (nSPS) is 16.9. The number of hydrogen-bond acceptors (Lipinski definition) is 8. The monoisotopic (exact) mass is 420 g/mol. The molecule has 2 aliphatic rings. The number of para-hydroxylation sites is 1. The van der Waals surface area contributed by atoms with Gasteiger partial charge in [0, 0.05) is 38.1 Å². The lowest BCUT2D eigenvalue weighted by Gasteiger charge is -2.19. The number of azo groups is 1. The fraction of sp³-hybridized carbons (Fsp3) is 0.500. The van der Waals surface area contributed by atoms with E-state index >= 15 is 0 Å². The van der Waals surface area contributed by atoms with Gasteiger partial charge in [0.25, 0.3) is 5.95 Å². The fourth-order valence-electron chi connectivity index (χ4n) is 4.42. The maximum atomic E-state index is 10.8. The molecule has 0 saturated carbocycles. The van der Waals surface area contributed by atoms with Crippen molar-refractivity contribution < 1.29 is 5.11 Å². The van der Waals surface area contributed by atoms with E-state index < -0.39 is 0 Å². The number of fused-ring (bicyclic) bond motifs is 1. The van der Waals surface area contributed by atoms with E-state index in [9.17, 15) is 5.11 Å². The minimum atomic E-state index is 0.125. The second kappa shape index (κ2) is 8.49. The fourth-order valence-corrected chi connectivity index (χ4v) is 4.42. The van der Waals surface area contributed by atoms with Gasteiger partial charge in [0.1, 0.15) is 0 Å². The minimum Gasteiger partial charge on any atom is -0.493 e. The average molecular weight is 421 g/mol. The van der Waals surface area contributed by atoms with Crippen LogP contribution in [0.1, 0.15) is 39.0 Å². The van der Waals surface area contributed by atoms with Crippen molar-refractivity contribution in [3.63, 3.8) is 0 Å². The van der Waals surface area contributed by atoms with Crippen LogP contribution in [0.15, 0.2) is 34.5 Å². The van der Waals surface area contributed by atoms with Gasteiger partial charge in [0.2, 0.25) is 17.8 Å². The summed E-state index contributed by atoms with van der Waals surface area (Å²) in [7, 11) is 0. The van der Waals surface area contributed by atoms with E-state index in [0.717, 1.165) is 69.2 Å². The third-order valence-corrected chi connectivity index (χ3v) is 5.98. The molecule has 0 atom stereocenters. The molecule has 162 valence electrons. The molecule has 9 nitrogen and oxygen atoms in total. The van der Waals surface area contributed by atoms with Crippen LogP contribution in [0.3, 0.4) is 0 Å². The third kappa shape index (κ3) is 3.80. The first-order valence-corrected chi connectivity index (χ1v) is 11.2. The van der Waals surface area contributed by atoms with Gasteiger partial charge in [-0.25, -0.2) is 0 Å². The Balaban J connectivity index is 1.54. The summed E-state index contributed by atoms with van der Waals surface area (Å²) in [6.45, 7) is 6.60. The zero-order valence-electron chi connectivity index (χ0n) is 17.9. The Morgan fingerprint density at radius 1 is 0.871 bits per heavy atom. The molecule has 2 saturated heterocycles. The number of aryl methyl sites for hydroxylation is 1. The first kappa shape index (κ1) is 19.7. The molecule has 4 heterocycles. The topological polar surface area (TPSA) is 95.0 Å². The number of nitrogens with zero attached hydrogens (tertiary/aromatic N) is 8. The van der Waals surface area contributed by atoms with Crippen LogP contribution in [-0.2, 0) is 6.54 Å². The van der Waals surface area contributed by atoms with Crippen LogP contribution in [0, 0.1) is 0 Å². The molecule has 0 radical (unpaired) electrons. The van der Waals surface area contributed by atoms with Crippen molar-refractivity contribution in [1.29, 1.82) is 0 Å². The van der Waals surface area contributed by atoms with Gasteiger partial charge >= 0.3 is 0 Å². The summed E-state index contributed by atoms with van der Waals surface area (Å²) in [5.74, 6) is 1.74. The summed E-state index contributed by atoms with van der Waals surface area (Å²) in [5.41, 5.74) is 1.40. The first-order valence-electron chi connectivity index (χ1n) is 11.2. The van der Waals surface area contributed by atoms with Gasteiger partial charge in [0.05, 0.1) is 5.52 Å². The highest BCUT2D eigenvalue weighted by Crippen LogP contribution is 2.39. The molecule has 0 unspecified atom stereocenters. The lowest BCUT2D eigenvalue weighted by Crippen LogP contribution is -2.25. The van der Waals surface area contributed by atoms with Crippen molar-refractivity contribution in [1.82, 2.24) is 19.5 Å². The van der Waals surface area contributed by atoms with Gasteiger partial charge in [0.15, 0.2) is 5.69 Å². The van der Waals surface area contributed by atoms with Crippen LogP contribution in [-0.4, -0.2) is 50.8 Å². The summed E-state index contributed by atoms with van der Waals surface area (Å²) >= 11 is 0. The molecule has 0 amide bonds. The molecule has 1 N–H and O–H groups in total. The Morgan fingerprint density at radius 2 is 1.48 bits per heavy atom. The highest BCUT2D eigenvalue weighted by atomic mass is 16.3. The van der Waals surface area contributed by atoms with E-state index in [2.05, 4.69) is 36.9 Å². The molecular weight excluding hydrogens is 392 g/mol. The molecule has 2 aliphatic heterocycles. The summed E-state index contributed by atoms with van der Waals surface area (Å²) < 4.78 is 1.88. The van der Waals surface area contributed by atoms with Crippen LogP contribution >= 0.6 is 0 Å². The molecular formula is C22H28N8O. The smallest absolute Gasteiger partial charge is 0.275 e. The van der Waals surface area contributed by atoms with Gasteiger partial charge in [-0.15, -0.1) is 10.2 Å². The van der Waals surface area contributed by atoms with Crippen LogP contribution in [0.25, 0.3) is 10.9 Å². The van der Waals surface area contributed by atoms with Crippen molar-refractivity contribution in [2.75, 3.05) is 36.0 Å². The van der Waals surface area contributed by atoms with Gasteiger partial charge in [-0.1, -0.05) is 25.1 Å². The number of anilines is 2. The van der Waals surface area contributed by atoms with Gasteiger partial charge in [-0.2, -0.15) is 15.0 Å². The second-order valence-corrected chi connectivity index (χ2v) is 8.16. The molecule has 3 aromatic rings. The standard InChI is InChI=1S/C22H28N8O/c1-2-11-30-17-10-4-3-9-16(17)18(19(30)31)26-27-20-23-21(28-12-5-6-13-28)25-22(24-20)29-14-7-8-15-29/h3-4,9-10,31H,2,5-8,11-15H2,1H3. The number of rotatable bonds is 6. The van der Waals surface area contributed by atoms with Crippen molar-refractivity contribution in [2.24, 2.45) is 10.2 Å². The van der Waals surface area contributed by atoms with Gasteiger partial charge in [-0.05, 0) is 38.2 Å². The highest BCUT2D eigenvalue weighted by molar-refractivity contribution is 5.94. The lowest BCUT2D eigenvalue weighted by atomic mass is 10.2. The molecule has 2 fully saturated rings. The molecule has 0 bridgehead atoms. The minimum absolute atomic E-state index is 0.125. The van der Waals surface area contributed by atoms with Crippen molar-refractivity contribution >= 4 is 34.4 Å². The summed E-state index contributed by atoms with van der Waals surface area (Å²) in [5, 5.41) is 20.5. The Morgan fingerprint density at radius 3 is 2.10 bits per heavy atom. The predicted molar refractivity (Wildman–Crippen MR) is 121 cm³/mol. The highest BCUT2D eigenvalue weighted by Gasteiger charge is 2.22. The largest absolute Gasteiger partial charge is 0.493 e. The number of benzene rings is 1. The quantitative estimate of drug-likeness (QED) is 0.588. The zero-order valence-corrected chi connectivity index (χ0v) is 17.9. The summed E-state index contributed by atoms with van der Waals surface area (Å²) in [6, 6.07) is 7.85. The molecule has 31 heavy (non-hydrogen) atoms. The van der Waals surface area contributed by atoms with Gasteiger partial charge < -0.3 is 19.5 Å². The van der Waals surface area contributed by atoms with Gasteiger partial charge in [-0.3, -0.25) is 0 Å². The van der Waals surface area contributed by atoms with E-state index in [4.69, 9.17) is 4.98 Å². The summed E-state index contributed by atoms with van der Waals surface area (Å²) in [6.07, 6.45) is 5.49. The van der Waals surface area contributed by atoms with Crippen LogP contribution in [0.5, 0.6) is 5.88 Å². The molecule has 1 aromatic carbocycles. The lowest BCUT2D eigenvalue weighted by molar-refractivity contribution is 0.421. The number of aromatic nitrogens is 4. The Kier molecular flexibility index (Phi) is 5.40. The third-order valence-electron chi connectivity index (χ3n) is 5.98. The second-order valence-electron chi connectivity index (χ2n) is 8.16. The maximum Gasteiger partial charge on any atom is 0.275 e. The van der Waals surface area contributed by atoms with Crippen LogP contribution < -0.4 is 9.80 Å². The number of hydrogen-bond donors (Lipinski definition) is 1. The van der Waals surface area contributed by atoms with E-state index in [1.807, 2.05) is 28.8 Å². The van der Waals surface area contributed by atoms with Crippen molar-refractivity contribution in [2.45, 2.75) is 45.6 Å². The van der Waals surface area contributed by atoms with Crippen LogP contribution in [0.2, 0.25) is 0 Å². The molecule has 5 rings (SSSR count). The first-order chi connectivity index (χ1) is 15.2. The van der Waals surface area contributed by atoms with Crippen LogP contribution in [0.4, 0.5) is 23.5 Å².